The van der Waals surface area contributed by atoms with Crippen molar-refractivity contribution in [2.24, 2.45) is 0 Å². The minimum absolute atomic E-state index is 0.0782. The molecule has 182 valence electrons. The fraction of sp³-hybridized carbons (Fsp3) is 0.320. The molecular formula is C25H23F6NO2. The molecule has 1 atom stereocenters. The van der Waals surface area contributed by atoms with Crippen molar-refractivity contribution in [1.29, 1.82) is 0 Å². The highest BCUT2D eigenvalue weighted by molar-refractivity contribution is 5.78. The van der Waals surface area contributed by atoms with E-state index >= 15 is 0 Å². The first kappa shape index (κ1) is 25.4. The summed E-state index contributed by atoms with van der Waals surface area (Å²) in [6.45, 7) is 0.218. The molecule has 1 N–H and O–H groups in total. The fourth-order valence-electron chi connectivity index (χ4n) is 3.50. The average Bonchev–Trinajstić information content (AvgIpc) is 2.78. The van der Waals surface area contributed by atoms with Gasteiger partial charge in [0.25, 0.3) is 0 Å². The van der Waals surface area contributed by atoms with Crippen LogP contribution in [0.3, 0.4) is 0 Å². The van der Waals surface area contributed by atoms with Crippen molar-refractivity contribution in [3.63, 3.8) is 0 Å². The second kappa shape index (κ2) is 10.8. The summed E-state index contributed by atoms with van der Waals surface area (Å²) < 4.78 is 82.5. The Balaban J connectivity index is 1.57. The molecule has 2 aromatic rings. The number of amides is 1. The van der Waals surface area contributed by atoms with Gasteiger partial charge in [-0.05, 0) is 35.8 Å². The van der Waals surface area contributed by atoms with Crippen LogP contribution in [0.5, 0.6) is 0 Å². The SMILES string of the molecule is O=C(Cc1ccc(C(F)(F)F)cc1)NCC[C@@H](OC1=CC=C(C(F)(F)F)CC1)c1ccccc1. The summed E-state index contributed by atoms with van der Waals surface area (Å²) in [5.41, 5.74) is -0.132. The Bertz CT molecular complexity index is 1020. The Labute approximate surface area is 193 Å². The van der Waals surface area contributed by atoms with Crippen LogP contribution in [-0.2, 0) is 22.1 Å². The van der Waals surface area contributed by atoms with Gasteiger partial charge in [0.15, 0.2) is 0 Å². The van der Waals surface area contributed by atoms with E-state index in [0.717, 1.165) is 23.8 Å². The summed E-state index contributed by atoms with van der Waals surface area (Å²) in [6, 6.07) is 13.5. The van der Waals surface area contributed by atoms with E-state index in [9.17, 15) is 31.1 Å². The van der Waals surface area contributed by atoms with E-state index in [2.05, 4.69) is 5.32 Å². The normalized spacial score (nSPS) is 15.2. The van der Waals surface area contributed by atoms with Gasteiger partial charge in [-0.1, -0.05) is 48.5 Å². The number of nitrogens with one attached hydrogen (secondary N) is 1. The molecule has 2 aromatic carbocycles. The predicted octanol–water partition coefficient (Wildman–Crippen LogP) is 6.68. The Morgan fingerprint density at radius 2 is 1.56 bits per heavy atom. The van der Waals surface area contributed by atoms with Crippen molar-refractivity contribution in [2.45, 2.75) is 44.1 Å². The maximum Gasteiger partial charge on any atom is 0.416 e. The van der Waals surface area contributed by atoms with E-state index < -0.39 is 29.6 Å². The summed E-state index contributed by atoms with van der Waals surface area (Å²) >= 11 is 0. The maximum absolute atomic E-state index is 12.8. The Morgan fingerprint density at radius 1 is 0.882 bits per heavy atom. The number of benzene rings is 2. The second-order valence-corrected chi connectivity index (χ2v) is 7.85. The number of hydrogen-bond donors (Lipinski definition) is 1. The van der Waals surface area contributed by atoms with Crippen molar-refractivity contribution in [3.05, 3.63) is 94.8 Å². The Kier molecular flexibility index (Phi) is 8.06. The molecule has 9 heteroatoms. The zero-order chi connectivity index (χ0) is 24.8. The highest BCUT2D eigenvalue weighted by atomic mass is 19.4. The highest BCUT2D eigenvalue weighted by Crippen LogP contribution is 2.35. The third-order valence-corrected chi connectivity index (χ3v) is 5.31. The number of hydrogen-bond acceptors (Lipinski definition) is 2. The van der Waals surface area contributed by atoms with Gasteiger partial charge in [-0.25, -0.2) is 0 Å². The fourth-order valence-corrected chi connectivity index (χ4v) is 3.50. The molecule has 0 bridgehead atoms. The van der Waals surface area contributed by atoms with Crippen LogP contribution in [0, 0.1) is 0 Å². The summed E-state index contributed by atoms with van der Waals surface area (Å²) in [5.74, 6) is 0.0686. The van der Waals surface area contributed by atoms with Crippen LogP contribution >= 0.6 is 0 Å². The van der Waals surface area contributed by atoms with Crippen LogP contribution in [0.2, 0.25) is 0 Å². The maximum atomic E-state index is 12.8. The lowest BCUT2D eigenvalue weighted by Gasteiger charge is -2.24. The first-order valence-corrected chi connectivity index (χ1v) is 10.6. The molecule has 0 spiro atoms. The number of rotatable bonds is 8. The Morgan fingerprint density at radius 3 is 2.12 bits per heavy atom. The second-order valence-electron chi connectivity index (χ2n) is 7.85. The molecule has 0 aromatic heterocycles. The molecule has 0 heterocycles. The van der Waals surface area contributed by atoms with Crippen LogP contribution < -0.4 is 5.32 Å². The lowest BCUT2D eigenvalue weighted by atomic mass is 10.0. The first-order chi connectivity index (χ1) is 16.0. The molecule has 3 nitrogen and oxygen atoms in total. The van der Waals surface area contributed by atoms with Gasteiger partial charge in [0.05, 0.1) is 17.7 Å². The van der Waals surface area contributed by atoms with Gasteiger partial charge in [0, 0.05) is 25.0 Å². The average molecular weight is 483 g/mol. The van der Waals surface area contributed by atoms with Gasteiger partial charge in [0.1, 0.15) is 6.10 Å². The molecule has 1 amide bonds. The van der Waals surface area contributed by atoms with Crippen LogP contribution in [0.1, 0.15) is 42.1 Å². The first-order valence-electron chi connectivity index (χ1n) is 10.6. The molecular weight excluding hydrogens is 460 g/mol. The lowest BCUT2D eigenvalue weighted by molar-refractivity contribution is -0.137. The molecule has 0 radical (unpaired) electrons. The minimum Gasteiger partial charge on any atom is -0.490 e. The largest absolute Gasteiger partial charge is 0.490 e. The summed E-state index contributed by atoms with van der Waals surface area (Å²) in [6.07, 6.45) is -6.71. The number of carbonyl (C=O) groups is 1. The standard InChI is InChI=1S/C25H23F6NO2/c26-24(27,28)19-8-6-17(7-9-19)16-23(33)32-15-14-22(18-4-2-1-3-5-18)34-21-12-10-20(11-13-21)25(29,30)31/h1-10,12,22H,11,13-16H2,(H,32,33)/t22-/m1/s1. The molecule has 1 aliphatic carbocycles. The number of halogens is 6. The number of alkyl halides is 6. The highest BCUT2D eigenvalue weighted by Gasteiger charge is 2.34. The zero-order valence-corrected chi connectivity index (χ0v) is 18.0. The van der Waals surface area contributed by atoms with Gasteiger partial charge in [-0.3, -0.25) is 4.79 Å². The van der Waals surface area contributed by atoms with Crippen LogP contribution in [0.25, 0.3) is 0 Å². The van der Waals surface area contributed by atoms with E-state index in [1.807, 2.05) is 30.3 Å². The van der Waals surface area contributed by atoms with E-state index in [1.54, 1.807) is 0 Å². The van der Waals surface area contributed by atoms with Crippen molar-refractivity contribution in [1.82, 2.24) is 5.32 Å². The molecule has 3 rings (SSSR count). The molecule has 1 aliphatic rings. The van der Waals surface area contributed by atoms with Gasteiger partial charge in [0.2, 0.25) is 5.91 Å². The monoisotopic (exact) mass is 483 g/mol. The van der Waals surface area contributed by atoms with Crippen molar-refractivity contribution >= 4 is 5.91 Å². The third kappa shape index (κ3) is 7.40. The molecule has 0 fully saturated rings. The predicted molar refractivity (Wildman–Crippen MR) is 114 cm³/mol. The molecule has 0 aliphatic heterocycles. The zero-order valence-electron chi connectivity index (χ0n) is 18.0. The summed E-state index contributed by atoms with van der Waals surface area (Å²) in [4.78, 5) is 12.2. The molecule has 34 heavy (non-hydrogen) atoms. The molecule has 0 saturated heterocycles. The number of ether oxygens (including phenoxy) is 1. The van der Waals surface area contributed by atoms with E-state index in [4.69, 9.17) is 4.74 Å². The van der Waals surface area contributed by atoms with Crippen LogP contribution in [-0.4, -0.2) is 18.6 Å². The van der Waals surface area contributed by atoms with Crippen LogP contribution in [0.4, 0.5) is 26.3 Å². The van der Waals surface area contributed by atoms with E-state index in [-0.39, 0.29) is 31.7 Å². The smallest absolute Gasteiger partial charge is 0.416 e. The molecule has 0 unspecified atom stereocenters. The minimum atomic E-state index is -4.44. The van der Waals surface area contributed by atoms with Crippen LogP contribution in [0.15, 0.2) is 78.1 Å². The van der Waals surface area contributed by atoms with Crippen molar-refractivity contribution < 1.29 is 35.9 Å². The van der Waals surface area contributed by atoms with Crippen molar-refractivity contribution in [3.8, 4) is 0 Å². The summed E-state index contributed by atoms with van der Waals surface area (Å²) in [7, 11) is 0. The van der Waals surface area contributed by atoms with Gasteiger partial charge < -0.3 is 10.1 Å². The third-order valence-electron chi connectivity index (χ3n) is 5.31. The van der Waals surface area contributed by atoms with E-state index in [1.165, 1.54) is 18.2 Å². The quantitative estimate of drug-likeness (QED) is 0.426. The number of carbonyl (C=O) groups excluding carboxylic acids is 1. The molecule has 0 saturated carbocycles. The Hall–Kier alpha value is -3.23. The van der Waals surface area contributed by atoms with Gasteiger partial charge in [-0.2, -0.15) is 26.3 Å². The topological polar surface area (TPSA) is 38.3 Å². The lowest BCUT2D eigenvalue weighted by Crippen LogP contribution is -2.27. The summed E-state index contributed by atoms with van der Waals surface area (Å²) in [5, 5.41) is 2.72. The van der Waals surface area contributed by atoms with Gasteiger partial charge >= 0.3 is 12.4 Å². The number of allylic oxidation sites excluding steroid dienone is 4. The van der Waals surface area contributed by atoms with Gasteiger partial charge in [-0.15, -0.1) is 0 Å². The van der Waals surface area contributed by atoms with Crippen molar-refractivity contribution in [2.75, 3.05) is 6.54 Å². The van der Waals surface area contributed by atoms with E-state index in [0.29, 0.717) is 17.7 Å².